The average molecular weight is 689 g/mol. The number of halogens is 3. The van der Waals surface area contributed by atoms with E-state index < -0.39 is 23.3 Å². The van der Waals surface area contributed by atoms with Gasteiger partial charge in [0.05, 0.1) is 41.8 Å². The summed E-state index contributed by atoms with van der Waals surface area (Å²) in [6, 6.07) is 5.58. The number of fused-ring (bicyclic) bond motifs is 5. The largest absolute Gasteiger partial charge is 0.508 e. The van der Waals surface area contributed by atoms with Crippen LogP contribution in [0.4, 0.5) is 19.0 Å². The molecule has 2 unspecified atom stereocenters. The van der Waals surface area contributed by atoms with Crippen molar-refractivity contribution in [3.63, 3.8) is 0 Å². The maximum atomic E-state index is 17.0. The van der Waals surface area contributed by atoms with E-state index in [9.17, 15) is 13.9 Å². The van der Waals surface area contributed by atoms with E-state index in [1.807, 2.05) is 0 Å². The number of terminal acetylenes is 1. The van der Waals surface area contributed by atoms with E-state index in [0.29, 0.717) is 62.5 Å². The molecule has 2 bridgehead atoms. The Kier molecular flexibility index (Phi) is 8.46. The predicted octanol–water partition coefficient (Wildman–Crippen LogP) is 4.74. The highest BCUT2D eigenvalue weighted by molar-refractivity contribution is 6.03. The summed E-state index contributed by atoms with van der Waals surface area (Å²) in [5, 5.41) is 15.4. The molecule has 4 aliphatic rings. The molecule has 4 atom stereocenters. The number of pyridine rings is 1. The van der Waals surface area contributed by atoms with Crippen molar-refractivity contribution in [1.29, 1.82) is 0 Å². The van der Waals surface area contributed by atoms with Crippen LogP contribution in [-0.2, 0) is 9.47 Å². The third-order valence-corrected chi connectivity index (χ3v) is 10.9. The number of nitrogens with one attached hydrogen (secondary N) is 1. The number of nitrogens with zero attached hydrogens (tertiary/aromatic N) is 5. The molecular formula is C37H39F3N6O4. The van der Waals surface area contributed by atoms with Crippen LogP contribution in [0.3, 0.4) is 0 Å². The van der Waals surface area contributed by atoms with Gasteiger partial charge in [-0.25, -0.2) is 13.2 Å². The normalized spacial score (nSPS) is 26.2. The third-order valence-electron chi connectivity index (χ3n) is 10.9. The van der Waals surface area contributed by atoms with Crippen molar-refractivity contribution in [2.75, 3.05) is 64.6 Å². The van der Waals surface area contributed by atoms with Crippen LogP contribution >= 0.6 is 0 Å². The number of anilines is 1. The zero-order valence-corrected chi connectivity index (χ0v) is 27.9. The monoisotopic (exact) mass is 688 g/mol. The Morgan fingerprint density at radius 3 is 2.86 bits per heavy atom. The van der Waals surface area contributed by atoms with E-state index in [1.54, 1.807) is 7.11 Å². The Bertz CT molecular complexity index is 2010. The van der Waals surface area contributed by atoms with Gasteiger partial charge in [0, 0.05) is 56.4 Å². The summed E-state index contributed by atoms with van der Waals surface area (Å²) in [4.78, 5) is 18.2. The van der Waals surface area contributed by atoms with Crippen LogP contribution in [0, 0.1) is 24.0 Å². The van der Waals surface area contributed by atoms with E-state index >= 15 is 4.39 Å². The Morgan fingerprint density at radius 1 is 1.14 bits per heavy atom. The van der Waals surface area contributed by atoms with Gasteiger partial charge in [-0.2, -0.15) is 9.97 Å². The Balaban J connectivity index is 1.24. The molecule has 2 N–H and O–H groups in total. The first-order chi connectivity index (χ1) is 24.2. The van der Waals surface area contributed by atoms with E-state index in [0.717, 1.165) is 32.2 Å². The lowest BCUT2D eigenvalue weighted by molar-refractivity contribution is 0.0356. The highest BCUT2D eigenvalue weighted by Gasteiger charge is 2.50. The topological polar surface area (TPSA) is 105 Å². The number of hydrogen-bond acceptors (Lipinski definition) is 10. The molecule has 0 radical (unpaired) electrons. The lowest BCUT2D eigenvalue weighted by Gasteiger charge is -2.42. The predicted molar refractivity (Wildman–Crippen MR) is 182 cm³/mol. The summed E-state index contributed by atoms with van der Waals surface area (Å²) in [6.07, 6.45) is 10.2. The SMILES string of the molecule is C#Cc1c(F)ccc2cc(O)cc(-c3ncc4c(N5CC6CCC(COCCOC)(C5)N6)nc(OC[C@@]56CCCN5C[C@H](F)C6)nc4c3F)c12. The van der Waals surface area contributed by atoms with Crippen molar-refractivity contribution in [2.24, 2.45) is 0 Å². The number of rotatable bonds is 10. The molecule has 0 aliphatic carbocycles. The minimum absolute atomic E-state index is 0.0283. The van der Waals surface area contributed by atoms with E-state index in [2.05, 4.69) is 31.0 Å². The molecule has 4 aliphatic heterocycles. The molecular weight excluding hydrogens is 649 g/mol. The summed E-state index contributed by atoms with van der Waals surface area (Å²) in [5.74, 6) is 1.24. The van der Waals surface area contributed by atoms with Gasteiger partial charge in [-0.15, -0.1) is 6.42 Å². The second kappa shape index (κ2) is 12.8. The van der Waals surface area contributed by atoms with Crippen LogP contribution in [0.5, 0.6) is 11.8 Å². The molecule has 4 saturated heterocycles. The fourth-order valence-electron chi connectivity index (χ4n) is 8.63. The molecule has 6 heterocycles. The van der Waals surface area contributed by atoms with Gasteiger partial charge in [-0.3, -0.25) is 9.88 Å². The van der Waals surface area contributed by atoms with E-state index in [-0.39, 0.29) is 57.7 Å². The number of phenolic OH excluding ortho intramolecular Hbond substituents is 1. The van der Waals surface area contributed by atoms with Crippen LogP contribution in [0.25, 0.3) is 32.9 Å². The summed E-state index contributed by atoms with van der Waals surface area (Å²) in [5.41, 5.74) is -0.951. The van der Waals surface area contributed by atoms with Crippen molar-refractivity contribution in [3.05, 3.63) is 47.7 Å². The quantitative estimate of drug-likeness (QED) is 0.179. The van der Waals surface area contributed by atoms with Crippen LogP contribution in [0.1, 0.15) is 37.7 Å². The first kappa shape index (κ1) is 33.0. The van der Waals surface area contributed by atoms with Crippen LogP contribution < -0.4 is 15.0 Å². The zero-order valence-electron chi connectivity index (χ0n) is 27.9. The van der Waals surface area contributed by atoms with Crippen molar-refractivity contribution < 1.29 is 32.5 Å². The van der Waals surface area contributed by atoms with Crippen molar-refractivity contribution in [2.45, 2.75) is 55.4 Å². The van der Waals surface area contributed by atoms with E-state index in [1.165, 1.54) is 30.5 Å². The molecule has 262 valence electrons. The van der Waals surface area contributed by atoms with Gasteiger partial charge < -0.3 is 29.5 Å². The molecule has 8 rings (SSSR count). The zero-order chi connectivity index (χ0) is 34.6. The number of hydrogen-bond donors (Lipinski definition) is 2. The Hall–Kier alpha value is -4.22. The van der Waals surface area contributed by atoms with Crippen molar-refractivity contribution in [3.8, 4) is 35.4 Å². The van der Waals surface area contributed by atoms with Gasteiger partial charge >= 0.3 is 6.01 Å². The van der Waals surface area contributed by atoms with Gasteiger partial charge in [0.25, 0.3) is 0 Å². The van der Waals surface area contributed by atoms with Crippen LogP contribution in [0.15, 0.2) is 30.5 Å². The molecule has 0 spiro atoms. The smallest absolute Gasteiger partial charge is 0.319 e. The van der Waals surface area contributed by atoms with Crippen LogP contribution in [-0.4, -0.2) is 108 Å². The summed E-state index contributed by atoms with van der Waals surface area (Å²) >= 11 is 0. The molecule has 4 fully saturated rings. The second-order valence-electron chi connectivity index (χ2n) is 14.1. The number of benzene rings is 2. The number of alkyl halides is 1. The summed E-state index contributed by atoms with van der Waals surface area (Å²) in [7, 11) is 1.63. The summed E-state index contributed by atoms with van der Waals surface area (Å²) < 4.78 is 64.0. The standard InChI is InChI=1S/C37H39F3N6O4/c1-3-26-29(39)6-5-22-13-25(47)14-27(30(22)26)32-31(40)33-28(16-41-32)34(45-18-24-7-9-36(19-45,44-24)20-49-12-11-48-2)43-35(42-33)50-21-37-8-4-10-46(37)17-23(38)15-37/h1,5-6,13-14,16,23-24,44,47H,4,7-12,15,17-21H2,2H3/t23-,24?,36?,37+/m1/s1. The molecule has 13 heteroatoms. The van der Waals surface area contributed by atoms with Crippen LogP contribution in [0.2, 0.25) is 0 Å². The number of ether oxygens (including phenoxy) is 3. The maximum absolute atomic E-state index is 17.0. The van der Waals surface area contributed by atoms with Gasteiger partial charge in [0.1, 0.15) is 41.4 Å². The van der Waals surface area contributed by atoms with Gasteiger partial charge in [-0.1, -0.05) is 12.0 Å². The number of methoxy groups -OCH3 is 1. The lowest BCUT2D eigenvalue weighted by atomic mass is 9.95. The maximum Gasteiger partial charge on any atom is 0.319 e. The minimum Gasteiger partial charge on any atom is -0.508 e. The molecule has 50 heavy (non-hydrogen) atoms. The highest BCUT2D eigenvalue weighted by atomic mass is 19.1. The molecule has 2 aromatic carbocycles. The van der Waals surface area contributed by atoms with Gasteiger partial charge in [-0.05, 0) is 55.8 Å². The molecule has 4 aromatic rings. The first-order valence-corrected chi connectivity index (χ1v) is 17.1. The van der Waals surface area contributed by atoms with Crippen molar-refractivity contribution >= 4 is 27.5 Å². The first-order valence-electron chi connectivity index (χ1n) is 17.1. The molecule has 0 amide bonds. The molecule has 0 saturated carbocycles. The van der Waals surface area contributed by atoms with E-state index in [4.69, 9.17) is 25.6 Å². The fraction of sp³-hybridized carbons (Fsp3) is 0.486. The fourth-order valence-corrected chi connectivity index (χ4v) is 8.63. The van der Waals surface area contributed by atoms with Crippen molar-refractivity contribution in [1.82, 2.24) is 25.2 Å². The second-order valence-corrected chi connectivity index (χ2v) is 14.1. The number of aromatic hydroxyl groups is 1. The Morgan fingerprint density at radius 2 is 2.02 bits per heavy atom. The molecule has 10 nitrogen and oxygen atoms in total. The van der Waals surface area contributed by atoms with Gasteiger partial charge in [0.15, 0.2) is 5.82 Å². The highest BCUT2D eigenvalue weighted by Crippen LogP contribution is 2.42. The number of phenols is 1. The number of piperazine rings is 1. The summed E-state index contributed by atoms with van der Waals surface area (Å²) in [6.45, 7) is 3.89. The lowest BCUT2D eigenvalue weighted by Crippen LogP contribution is -2.62. The number of aromatic nitrogens is 3. The minimum atomic E-state index is -0.938. The average Bonchev–Trinajstić information content (AvgIpc) is 3.74. The third kappa shape index (κ3) is 5.68. The Labute approximate surface area is 287 Å². The molecule has 2 aromatic heterocycles. The van der Waals surface area contributed by atoms with Gasteiger partial charge in [0.2, 0.25) is 0 Å².